The number of hydrogen-bond acceptors (Lipinski definition) is 2. The number of alkyl halides is 3. The van der Waals surface area contributed by atoms with E-state index < -0.39 is 11.7 Å². The van der Waals surface area contributed by atoms with Crippen molar-refractivity contribution in [2.24, 2.45) is 0 Å². The Morgan fingerprint density at radius 2 is 1.52 bits per heavy atom. The molecule has 0 amide bonds. The van der Waals surface area contributed by atoms with Crippen LogP contribution in [0.2, 0.25) is 0 Å². The Morgan fingerprint density at radius 3 is 1.92 bits per heavy atom. The fourth-order valence-corrected chi connectivity index (χ4v) is 2.12. The molecule has 0 radical (unpaired) electrons. The Labute approximate surface area is 152 Å². The van der Waals surface area contributed by atoms with E-state index in [1.165, 1.54) is 24.1 Å². The number of nitrogens with one attached hydrogen (secondary N) is 1. The van der Waals surface area contributed by atoms with E-state index in [0.717, 1.165) is 22.7 Å². The third kappa shape index (κ3) is 10.4. The summed E-state index contributed by atoms with van der Waals surface area (Å²) in [5, 5.41) is 0. The molecule has 25 heavy (non-hydrogen) atoms. The molecule has 0 spiro atoms. The maximum Gasteiger partial charge on any atom is 0.416 e. The highest BCUT2D eigenvalue weighted by molar-refractivity contribution is 8.00. The number of hydrogen-bond donors (Lipinski definition) is 1. The number of para-hydroxylation sites is 1. The van der Waals surface area contributed by atoms with Crippen LogP contribution in [0.5, 0.6) is 0 Å². The van der Waals surface area contributed by atoms with Crippen LogP contribution < -0.4 is 4.72 Å². The first-order valence-electron chi connectivity index (χ1n) is 7.86. The Morgan fingerprint density at radius 1 is 0.960 bits per heavy atom. The summed E-state index contributed by atoms with van der Waals surface area (Å²) in [5.74, 6) is 0. The Bertz CT molecular complexity index is 605. The van der Waals surface area contributed by atoms with Gasteiger partial charge in [-0.15, -0.1) is 0 Å². The molecule has 0 fully saturated rings. The minimum atomic E-state index is -4.28. The lowest BCUT2D eigenvalue weighted by molar-refractivity contribution is -0.137. The van der Waals surface area contributed by atoms with E-state index in [1.807, 2.05) is 63.3 Å². The van der Waals surface area contributed by atoms with Crippen LogP contribution in [0, 0.1) is 0 Å². The molecule has 0 aliphatic carbocycles. The summed E-state index contributed by atoms with van der Waals surface area (Å²) in [6.45, 7) is 9.42. The Kier molecular flexibility index (Phi) is 12.1. The predicted octanol–water partition coefficient (Wildman–Crippen LogP) is 7.60. The molecule has 2 aromatic rings. The molecule has 0 bridgehead atoms. The molecule has 5 heteroatoms. The first-order valence-corrected chi connectivity index (χ1v) is 8.68. The summed E-state index contributed by atoms with van der Waals surface area (Å²) >= 11 is 1.28. The van der Waals surface area contributed by atoms with Crippen LogP contribution in [0.1, 0.15) is 26.3 Å². The number of benzene rings is 2. The van der Waals surface area contributed by atoms with Crippen LogP contribution in [0.4, 0.5) is 18.9 Å². The molecular formula is C20H24F3NS. The van der Waals surface area contributed by atoms with E-state index in [1.54, 1.807) is 6.08 Å². The summed E-state index contributed by atoms with van der Waals surface area (Å²) in [5.41, 5.74) is 0.272. The summed E-state index contributed by atoms with van der Waals surface area (Å²) in [6, 6.07) is 14.5. The Balaban J connectivity index is 0.000000710. The van der Waals surface area contributed by atoms with Crippen LogP contribution in [0.3, 0.4) is 0 Å². The van der Waals surface area contributed by atoms with Gasteiger partial charge in [-0.3, -0.25) is 0 Å². The van der Waals surface area contributed by atoms with E-state index >= 15 is 0 Å². The second-order valence-electron chi connectivity index (χ2n) is 4.35. The van der Waals surface area contributed by atoms with E-state index in [2.05, 4.69) is 11.3 Å². The highest BCUT2D eigenvalue weighted by atomic mass is 32.2. The van der Waals surface area contributed by atoms with Gasteiger partial charge in [0.2, 0.25) is 0 Å². The predicted molar refractivity (Wildman–Crippen MR) is 104 cm³/mol. The van der Waals surface area contributed by atoms with Gasteiger partial charge in [-0.25, -0.2) is 0 Å². The van der Waals surface area contributed by atoms with Crippen LogP contribution >= 0.6 is 11.9 Å². The first kappa shape index (κ1) is 22.9. The van der Waals surface area contributed by atoms with Gasteiger partial charge in [0.15, 0.2) is 0 Å². The van der Waals surface area contributed by atoms with E-state index in [9.17, 15) is 13.2 Å². The van der Waals surface area contributed by atoms with Gasteiger partial charge in [0.25, 0.3) is 0 Å². The SMILES string of the molecule is C=C/C=C\C.CC.FC(F)(F)c1ccc(SNc2ccccc2)cc1. The summed E-state index contributed by atoms with van der Waals surface area (Å²) in [4.78, 5) is 0.729. The third-order valence-corrected chi connectivity index (χ3v) is 3.42. The minimum Gasteiger partial charge on any atom is -0.326 e. The topological polar surface area (TPSA) is 12.0 Å². The zero-order chi connectivity index (χ0) is 19.1. The van der Waals surface area contributed by atoms with Crippen molar-refractivity contribution in [1.82, 2.24) is 0 Å². The molecule has 2 aromatic carbocycles. The molecule has 0 atom stereocenters. The molecule has 1 nitrogen and oxygen atoms in total. The molecule has 0 saturated carbocycles. The first-order chi connectivity index (χ1) is 12.0. The average Bonchev–Trinajstić information content (AvgIpc) is 2.63. The zero-order valence-electron chi connectivity index (χ0n) is 14.7. The molecule has 0 aliphatic heterocycles. The van der Waals surface area contributed by atoms with Gasteiger partial charge in [-0.05, 0) is 55.3 Å². The van der Waals surface area contributed by atoms with Crippen molar-refractivity contribution in [2.45, 2.75) is 31.8 Å². The average molecular weight is 367 g/mol. The van der Waals surface area contributed by atoms with Gasteiger partial charge in [0.05, 0.1) is 5.56 Å². The minimum absolute atomic E-state index is 0.633. The second kappa shape index (κ2) is 13.2. The molecule has 0 aliphatic rings. The normalized spacial score (nSPS) is 10.2. The van der Waals surface area contributed by atoms with Crippen molar-refractivity contribution in [3.05, 3.63) is 85.0 Å². The molecule has 0 unspecified atom stereocenters. The standard InChI is InChI=1S/C13H10F3NS.C5H8.C2H6/c14-13(15,16)10-6-8-12(9-7-10)18-17-11-4-2-1-3-5-11;1-3-5-4-2;1-2/h1-9,17H;3-5H,1H2,2H3;1-2H3/b;5-4-;. The number of halogens is 3. The molecular weight excluding hydrogens is 343 g/mol. The third-order valence-electron chi connectivity index (χ3n) is 2.57. The van der Waals surface area contributed by atoms with Crippen LogP contribution in [0.25, 0.3) is 0 Å². The second-order valence-corrected chi connectivity index (χ2v) is 5.23. The maximum absolute atomic E-state index is 12.3. The van der Waals surface area contributed by atoms with Crippen molar-refractivity contribution in [3.63, 3.8) is 0 Å². The molecule has 2 rings (SSSR count). The number of anilines is 1. The van der Waals surface area contributed by atoms with Gasteiger partial charge in [0, 0.05) is 10.6 Å². The van der Waals surface area contributed by atoms with Crippen molar-refractivity contribution >= 4 is 17.6 Å². The highest BCUT2D eigenvalue weighted by Crippen LogP contribution is 2.30. The van der Waals surface area contributed by atoms with Crippen molar-refractivity contribution in [3.8, 4) is 0 Å². The van der Waals surface area contributed by atoms with Gasteiger partial charge in [0.1, 0.15) is 0 Å². The Hall–Kier alpha value is -2.14. The lowest BCUT2D eigenvalue weighted by Crippen LogP contribution is -2.04. The van der Waals surface area contributed by atoms with E-state index in [4.69, 9.17) is 0 Å². The van der Waals surface area contributed by atoms with Gasteiger partial charge in [-0.2, -0.15) is 13.2 Å². The lowest BCUT2D eigenvalue weighted by atomic mass is 10.2. The molecule has 0 heterocycles. The summed E-state index contributed by atoms with van der Waals surface area (Å²) < 4.78 is 40.1. The summed E-state index contributed by atoms with van der Waals surface area (Å²) in [7, 11) is 0. The molecule has 0 aromatic heterocycles. The van der Waals surface area contributed by atoms with E-state index in [0.29, 0.717) is 0 Å². The number of allylic oxidation sites excluding steroid dienone is 3. The maximum atomic E-state index is 12.3. The molecule has 0 saturated heterocycles. The molecule has 1 N–H and O–H groups in total. The van der Waals surface area contributed by atoms with Crippen molar-refractivity contribution in [1.29, 1.82) is 0 Å². The largest absolute Gasteiger partial charge is 0.416 e. The van der Waals surface area contributed by atoms with Crippen molar-refractivity contribution in [2.75, 3.05) is 4.72 Å². The summed E-state index contributed by atoms with van der Waals surface area (Å²) in [6.07, 6.45) is 1.29. The van der Waals surface area contributed by atoms with Gasteiger partial charge >= 0.3 is 6.18 Å². The lowest BCUT2D eigenvalue weighted by Gasteiger charge is -2.08. The smallest absolute Gasteiger partial charge is 0.326 e. The van der Waals surface area contributed by atoms with Crippen molar-refractivity contribution < 1.29 is 13.2 Å². The zero-order valence-corrected chi connectivity index (χ0v) is 15.5. The van der Waals surface area contributed by atoms with Gasteiger partial charge in [-0.1, -0.05) is 56.9 Å². The van der Waals surface area contributed by atoms with Crippen LogP contribution in [-0.4, -0.2) is 0 Å². The van der Waals surface area contributed by atoms with Crippen LogP contribution in [0.15, 0.2) is 84.3 Å². The quantitative estimate of drug-likeness (QED) is 0.441. The van der Waals surface area contributed by atoms with Gasteiger partial charge < -0.3 is 4.72 Å². The fourth-order valence-electron chi connectivity index (χ4n) is 1.47. The van der Waals surface area contributed by atoms with Crippen LogP contribution in [-0.2, 0) is 6.18 Å². The highest BCUT2D eigenvalue weighted by Gasteiger charge is 2.29. The molecule has 136 valence electrons. The van der Waals surface area contributed by atoms with E-state index in [-0.39, 0.29) is 0 Å². The monoisotopic (exact) mass is 367 g/mol. The fraction of sp³-hybridized carbons (Fsp3) is 0.200. The number of rotatable bonds is 4.